The number of nitrogen functional groups attached to an aromatic ring is 1. The van der Waals surface area contributed by atoms with Crippen LogP contribution < -0.4 is 16.2 Å². The monoisotopic (exact) mass is 517 g/mol. The molecular weight excluding hydrogens is 494 g/mol. The van der Waals surface area contributed by atoms with Gasteiger partial charge in [0.2, 0.25) is 5.95 Å². The Balaban J connectivity index is 1.31. The molecule has 0 atom stereocenters. The molecule has 1 fully saturated rings. The number of halogens is 4. The molecule has 0 unspecified atom stereocenters. The number of fused-ring (bicyclic) bond motifs is 1. The van der Waals surface area contributed by atoms with Gasteiger partial charge in [-0.2, -0.15) is 18.2 Å². The van der Waals surface area contributed by atoms with Gasteiger partial charge in [-0.25, -0.2) is 14.4 Å². The fourth-order valence-electron chi connectivity index (χ4n) is 4.40. The predicted octanol–water partition coefficient (Wildman–Crippen LogP) is 3.32. The Bertz CT molecular complexity index is 1510. The van der Waals surface area contributed by atoms with E-state index in [2.05, 4.69) is 19.9 Å². The maximum Gasteiger partial charge on any atom is 0.416 e. The Morgan fingerprint density at radius 2 is 1.81 bits per heavy atom. The molecule has 0 aliphatic carbocycles. The molecule has 4 heterocycles. The van der Waals surface area contributed by atoms with Crippen LogP contribution in [0.4, 0.5) is 29.2 Å². The highest BCUT2D eigenvalue weighted by Crippen LogP contribution is 2.32. The standard InChI is InChI=1S/C24H23F4N7O2/c1-14-2-5-18(37-14)20-21-22(32-23(29)31-20)35(19(36)13-30-21)11-8-33-6-9-34(10-7-33)17-4-3-15(12-16(17)25)24(26,27)28/h2-5,12-13H,6-11H2,1H3,(H2,29,31,32). The summed E-state index contributed by atoms with van der Waals surface area (Å²) in [6.07, 6.45) is -3.40. The second kappa shape index (κ2) is 9.47. The smallest absolute Gasteiger partial charge is 0.416 e. The molecule has 9 nitrogen and oxygen atoms in total. The summed E-state index contributed by atoms with van der Waals surface area (Å²) in [5.74, 6) is 0.215. The first-order valence-corrected chi connectivity index (χ1v) is 11.5. The Labute approximate surface area is 208 Å². The summed E-state index contributed by atoms with van der Waals surface area (Å²) in [5.41, 5.74) is 5.75. The van der Waals surface area contributed by atoms with E-state index in [4.69, 9.17) is 10.2 Å². The van der Waals surface area contributed by atoms with Crippen LogP contribution in [-0.4, -0.2) is 57.1 Å². The van der Waals surface area contributed by atoms with Gasteiger partial charge >= 0.3 is 6.18 Å². The van der Waals surface area contributed by atoms with Gasteiger partial charge < -0.3 is 15.1 Å². The van der Waals surface area contributed by atoms with Crippen molar-refractivity contribution in [1.29, 1.82) is 0 Å². The van der Waals surface area contributed by atoms with E-state index in [1.54, 1.807) is 24.0 Å². The molecule has 0 amide bonds. The fraction of sp³-hybridized carbons (Fsp3) is 0.333. The molecule has 0 spiro atoms. The molecule has 1 saturated heterocycles. The quantitative estimate of drug-likeness (QED) is 0.402. The number of nitrogens with zero attached hydrogens (tertiary/aromatic N) is 6. The van der Waals surface area contributed by atoms with Gasteiger partial charge in [-0.3, -0.25) is 14.3 Å². The number of alkyl halides is 3. The number of furan rings is 1. The summed E-state index contributed by atoms with van der Waals surface area (Å²) in [5, 5.41) is 0. The molecule has 194 valence electrons. The summed E-state index contributed by atoms with van der Waals surface area (Å²) in [7, 11) is 0. The molecule has 1 aliphatic rings. The van der Waals surface area contributed by atoms with Crippen LogP contribution in [-0.2, 0) is 12.7 Å². The predicted molar refractivity (Wildman–Crippen MR) is 128 cm³/mol. The zero-order valence-corrected chi connectivity index (χ0v) is 19.8. The van der Waals surface area contributed by atoms with Crippen LogP contribution in [0.2, 0.25) is 0 Å². The maximum atomic E-state index is 14.4. The SMILES string of the molecule is Cc1ccc(-c2nc(N)nc3c2ncc(=O)n3CCN2CCN(c3ccc(C(F)(F)F)cc3F)CC2)o1. The number of anilines is 2. The van der Waals surface area contributed by atoms with Crippen molar-refractivity contribution < 1.29 is 22.0 Å². The average Bonchev–Trinajstić information content (AvgIpc) is 3.29. The third kappa shape index (κ3) is 4.99. The van der Waals surface area contributed by atoms with Crippen LogP contribution >= 0.6 is 0 Å². The van der Waals surface area contributed by atoms with Crippen molar-refractivity contribution in [3.05, 3.63) is 64.0 Å². The van der Waals surface area contributed by atoms with Crippen molar-refractivity contribution in [3.8, 4) is 11.5 Å². The number of rotatable bonds is 5. The van der Waals surface area contributed by atoms with Gasteiger partial charge in [0.25, 0.3) is 5.56 Å². The number of hydrogen-bond donors (Lipinski definition) is 1. The van der Waals surface area contributed by atoms with Gasteiger partial charge in [-0.1, -0.05) is 0 Å². The van der Waals surface area contributed by atoms with Crippen molar-refractivity contribution in [1.82, 2.24) is 24.4 Å². The summed E-state index contributed by atoms with van der Waals surface area (Å²) in [6, 6.07) is 6.10. The van der Waals surface area contributed by atoms with E-state index in [-0.39, 0.29) is 22.8 Å². The Morgan fingerprint density at radius 3 is 2.46 bits per heavy atom. The van der Waals surface area contributed by atoms with Crippen LogP contribution in [0.15, 0.2) is 45.7 Å². The van der Waals surface area contributed by atoms with Crippen LogP contribution in [0.25, 0.3) is 22.6 Å². The summed E-state index contributed by atoms with van der Waals surface area (Å²) < 4.78 is 60.0. The van der Waals surface area contributed by atoms with Crippen molar-refractivity contribution >= 4 is 22.8 Å². The van der Waals surface area contributed by atoms with Crippen molar-refractivity contribution in [2.75, 3.05) is 43.4 Å². The molecule has 1 aliphatic heterocycles. The number of benzene rings is 1. The maximum absolute atomic E-state index is 14.4. The first-order valence-electron chi connectivity index (χ1n) is 11.5. The van der Waals surface area contributed by atoms with Crippen molar-refractivity contribution in [2.24, 2.45) is 0 Å². The van der Waals surface area contributed by atoms with Gasteiger partial charge in [-0.15, -0.1) is 0 Å². The Hall–Kier alpha value is -4.00. The minimum atomic E-state index is -4.60. The van der Waals surface area contributed by atoms with Crippen LogP contribution in [0, 0.1) is 12.7 Å². The van der Waals surface area contributed by atoms with E-state index in [1.807, 2.05) is 0 Å². The Morgan fingerprint density at radius 1 is 1.05 bits per heavy atom. The molecule has 4 aromatic rings. The van der Waals surface area contributed by atoms with Crippen LogP contribution in [0.3, 0.4) is 0 Å². The number of aryl methyl sites for hydroxylation is 1. The average molecular weight is 517 g/mol. The Kier molecular flexibility index (Phi) is 6.31. The van der Waals surface area contributed by atoms with E-state index >= 15 is 0 Å². The minimum absolute atomic E-state index is 0.0233. The zero-order valence-electron chi connectivity index (χ0n) is 19.8. The fourth-order valence-corrected chi connectivity index (χ4v) is 4.40. The van der Waals surface area contributed by atoms with E-state index < -0.39 is 17.6 Å². The first kappa shape index (κ1) is 24.7. The number of piperazine rings is 1. The molecule has 0 saturated carbocycles. The zero-order chi connectivity index (χ0) is 26.3. The van der Waals surface area contributed by atoms with Crippen molar-refractivity contribution in [3.63, 3.8) is 0 Å². The lowest BCUT2D eigenvalue weighted by molar-refractivity contribution is -0.137. The molecular formula is C24H23F4N7O2. The molecule has 0 bridgehead atoms. The topological polar surface area (TPSA) is 106 Å². The lowest BCUT2D eigenvalue weighted by Gasteiger charge is -2.36. The molecule has 37 heavy (non-hydrogen) atoms. The van der Waals surface area contributed by atoms with Crippen LogP contribution in [0.1, 0.15) is 11.3 Å². The largest absolute Gasteiger partial charge is 0.460 e. The van der Waals surface area contributed by atoms with Crippen molar-refractivity contribution in [2.45, 2.75) is 19.6 Å². The van der Waals surface area contributed by atoms with Gasteiger partial charge in [0.1, 0.15) is 22.8 Å². The van der Waals surface area contributed by atoms with Gasteiger partial charge in [0, 0.05) is 39.3 Å². The molecule has 0 radical (unpaired) electrons. The number of hydrogen-bond acceptors (Lipinski definition) is 8. The normalized spacial score (nSPS) is 15.0. The summed E-state index contributed by atoms with van der Waals surface area (Å²) in [6.45, 7) is 4.49. The van der Waals surface area contributed by atoms with Crippen LogP contribution in [0.5, 0.6) is 0 Å². The molecule has 13 heteroatoms. The highest BCUT2D eigenvalue weighted by Gasteiger charge is 2.32. The highest BCUT2D eigenvalue weighted by atomic mass is 19.4. The second-order valence-electron chi connectivity index (χ2n) is 8.75. The lowest BCUT2D eigenvalue weighted by atomic mass is 10.1. The van der Waals surface area contributed by atoms with Gasteiger partial charge in [0.15, 0.2) is 11.4 Å². The highest BCUT2D eigenvalue weighted by molar-refractivity contribution is 5.86. The first-order chi connectivity index (χ1) is 17.6. The molecule has 5 rings (SSSR count). The lowest BCUT2D eigenvalue weighted by Crippen LogP contribution is -2.47. The van der Waals surface area contributed by atoms with E-state index in [0.717, 1.165) is 6.07 Å². The summed E-state index contributed by atoms with van der Waals surface area (Å²) >= 11 is 0. The van der Waals surface area contributed by atoms with E-state index in [1.165, 1.54) is 16.8 Å². The number of aromatic nitrogens is 4. The minimum Gasteiger partial charge on any atom is -0.460 e. The van der Waals surface area contributed by atoms with E-state index in [9.17, 15) is 22.4 Å². The molecule has 1 aromatic carbocycles. The summed E-state index contributed by atoms with van der Waals surface area (Å²) in [4.78, 5) is 29.2. The molecule has 2 N–H and O–H groups in total. The van der Waals surface area contributed by atoms with E-state index in [0.29, 0.717) is 68.1 Å². The second-order valence-corrected chi connectivity index (χ2v) is 8.75. The third-order valence-corrected chi connectivity index (χ3v) is 6.31. The third-order valence-electron chi connectivity index (χ3n) is 6.31. The van der Waals surface area contributed by atoms with Gasteiger partial charge in [0.05, 0.1) is 17.4 Å². The number of nitrogens with two attached hydrogens (primary N) is 1. The van der Waals surface area contributed by atoms with Gasteiger partial charge in [-0.05, 0) is 37.3 Å². The molecule has 3 aromatic heterocycles.